The lowest BCUT2D eigenvalue weighted by Gasteiger charge is -2.17. The van der Waals surface area contributed by atoms with Crippen LogP contribution in [0.3, 0.4) is 0 Å². The van der Waals surface area contributed by atoms with E-state index in [1.165, 1.54) is 5.56 Å². The summed E-state index contributed by atoms with van der Waals surface area (Å²) in [5.74, 6) is 2.26. The van der Waals surface area contributed by atoms with Gasteiger partial charge in [0.1, 0.15) is 17.1 Å². The number of furan rings is 1. The minimum Gasteiger partial charge on any atom is -0.494 e. The van der Waals surface area contributed by atoms with E-state index in [0.717, 1.165) is 46.8 Å². The third-order valence-electron chi connectivity index (χ3n) is 5.99. The average molecular weight is 436 g/mol. The largest absolute Gasteiger partial charge is 0.494 e. The van der Waals surface area contributed by atoms with Crippen LogP contribution in [0.1, 0.15) is 31.6 Å². The Kier molecular flexibility index (Phi) is 4.89. The maximum Gasteiger partial charge on any atom is 0.261 e. The fraction of sp³-hybridized carbons (Fsp3) is 0.280. The highest BCUT2D eigenvalue weighted by atomic mass is 32.2. The molecule has 5 rings (SSSR count). The van der Waals surface area contributed by atoms with Gasteiger partial charge in [-0.3, -0.25) is 4.72 Å². The van der Waals surface area contributed by atoms with E-state index in [1.807, 2.05) is 37.3 Å². The van der Waals surface area contributed by atoms with Gasteiger partial charge in [0.05, 0.1) is 17.2 Å². The predicted molar refractivity (Wildman–Crippen MR) is 123 cm³/mol. The number of rotatable bonds is 5. The first-order valence-electron chi connectivity index (χ1n) is 10.7. The van der Waals surface area contributed by atoms with Gasteiger partial charge in [-0.2, -0.15) is 0 Å². The molecule has 1 aliphatic rings. The Hall–Kier alpha value is -2.99. The molecule has 1 atom stereocenters. The van der Waals surface area contributed by atoms with E-state index in [0.29, 0.717) is 24.0 Å². The van der Waals surface area contributed by atoms with Gasteiger partial charge in [0.25, 0.3) is 10.0 Å². The summed E-state index contributed by atoms with van der Waals surface area (Å²) in [5.41, 5.74) is 2.62. The van der Waals surface area contributed by atoms with Gasteiger partial charge in [0.2, 0.25) is 0 Å². The van der Waals surface area contributed by atoms with Gasteiger partial charge < -0.3 is 9.15 Å². The molecule has 0 saturated heterocycles. The SMILES string of the molecule is CCOc1ccc(S(=O)(=O)Nc2cc3c4c(oc3c3ccccc23)CC[C@@H](C)C4)cc1. The third kappa shape index (κ3) is 3.55. The van der Waals surface area contributed by atoms with Crippen molar-refractivity contribution in [2.75, 3.05) is 11.3 Å². The van der Waals surface area contributed by atoms with Gasteiger partial charge in [-0.15, -0.1) is 0 Å². The number of ether oxygens (including phenoxy) is 1. The van der Waals surface area contributed by atoms with Crippen molar-refractivity contribution in [1.82, 2.24) is 0 Å². The molecule has 31 heavy (non-hydrogen) atoms. The molecule has 5 nitrogen and oxygen atoms in total. The monoisotopic (exact) mass is 435 g/mol. The molecule has 1 heterocycles. The van der Waals surface area contributed by atoms with Crippen LogP contribution in [0.5, 0.6) is 5.75 Å². The lowest BCUT2D eigenvalue weighted by Crippen LogP contribution is -2.13. The zero-order chi connectivity index (χ0) is 21.6. The van der Waals surface area contributed by atoms with E-state index in [4.69, 9.17) is 9.15 Å². The van der Waals surface area contributed by atoms with E-state index in [-0.39, 0.29) is 4.90 Å². The zero-order valence-corrected chi connectivity index (χ0v) is 18.5. The number of benzene rings is 3. The molecule has 0 amide bonds. The minimum atomic E-state index is -3.76. The molecule has 6 heteroatoms. The number of sulfonamides is 1. The Morgan fingerprint density at radius 1 is 1.06 bits per heavy atom. The van der Waals surface area contributed by atoms with Crippen LogP contribution in [-0.2, 0) is 22.9 Å². The lowest BCUT2D eigenvalue weighted by atomic mass is 9.87. The quantitative estimate of drug-likeness (QED) is 0.423. The van der Waals surface area contributed by atoms with Crippen molar-refractivity contribution in [2.24, 2.45) is 5.92 Å². The van der Waals surface area contributed by atoms with Crippen LogP contribution in [0.2, 0.25) is 0 Å². The molecule has 1 aromatic heterocycles. The second-order valence-electron chi connectivity index (χ2n) is 8.21. The summed E-state index contributed by atoms with van der Waals surface area (Å²) in [5, 5.41) is 2.75. The standard InChI is InChI=1S/C25H25NO4S/c1-3-29-17-9-11-18(12-10-17)31(27,28)26-23-15-22-21-14-16(2)8-13-24(21)30-25(22)20-7-5-4-6-19(20)23/h4-7,9-12,15-16,26H,3,8,13-14H2,1-2H3/t16-/m1/s1. The van der Waals surface area contributed by atoms with Gasteiger partial charge in [-0.05, 0) is 56.0 Å². The summed E-state index contributed by atoms with van der Waals surface area (Å²) < 4.78 is 40.8. The van der Waals surface area contributed by atoms with Crippen LogP contribution >= 0.6 is 0 Å². The number of hydrogen-bond donors (Lipinski definition) is 1. The molecular weight excluding hydrogens is 410 g/mol. The average Bonchev–Trinajstić information content (AvgIpc) is 3.12. The molecule has 3 aromatic carbocycles. The summed E-state index contributed by atoms with van der Waals surface area (Å²) in [6.07, 6.45) is 2.99. The number of fused-ring (bicyclic) bond motifs is 5. The van der Waals surface area contributed by atoms with E-state index in [1.54, 1.807) is 24.3 Å². The van der Waals surface area contributed by atoms with Gasteiger partial charge in [-0.1, -0.05) is 31.2 Å². The summed E-state index contributed by atoms with van der Waals surface area (Å²) in [6, 6.07) is 16.2. The fourth-order valence-electron chi connectivity index (χ4n) is 4.44. The number of aryl methyl sites for hydroxylation is 1. The Balaban J connectivity index is 1.62. The molecule has 1 N–H and O–H groups in total. The van der Waals surface area contributed by atoms with E-state index in [9.17, 15) is 8.42 Å². The van der Waals surface area contributed by atoms with Crippen molar-refractivity contribution >= 4 is 37.5 Å². The molecule has 1 aliphatic carbocycles. The van der Waals surface area contributed by atoms with Crippen molar-refractivity contribution in [3.63, 3.8) is 0 Å². The Morgan fingerprint density at radius 3 is 2.55 bits per heavy atom. The Labute approximate surface area is 182 Å². The van der Waals surface area contributed by atoms with Crippen molar-refractivity contribution in [1.29, 1.82) is 0 Å². The van der Waals surface area contributed by atoms with Crippen molar-refractivity contribution in [3.05, 3.63) is 65.9 Å². The molecule has 0 bridgehead atoms. The lowest BCUT2D eigenvalue weighted by molar-refractivity contribution is 0.340. The van der Waals surface area contributed by atoms with Crippen LogP contribution in [0.15, 0.2) is 63.9 Å². The highest BCUT2D eigenvalue weighted by molar-refractivity contribution is 7.92. The molecule has 0 fully saturated rings. The molecule has 0 unspecified atom stereocenters. The van der Waals surface area contributed by atoms with Gasteiger partial charge >= 0.3 is 0 Å². The molecule has 0 radical (unpaired) electrons. The smallest absolute Gasteiger partial charge is 0.261 e. The summed E-state index contributed by atoms with van der Waals surface area (Å²) in [6.45, 7) is 4.67. The van der Waals surface area contributed by atoms with E-state index in [2.05, 4.69) is 11.6 Å². The molecule has 160 valence electrons. The van der Waals surface area contributed by atoms with Crippen LogP contribution in [0, 0.1) is 5.92 Å². The van der Waals surface area contributed by atoms with Crippen LogP contribution < -0.4 is 9.46 Å². The van der Waals surface area contributed by atoms with Crippen molar-refractivity contribution < 1.29 is 17.6 Å². The van der Waals surface area contributed by atoms with Crippen LogP contribution in [-0.4, -0.2) is 15.0 Å². The molecule has 0 spiro atoms. The van der Waals surface area contributed by atoms with Crippen molar-refractivity contribution in [3.8, 4) is 5.75 Å². The predicted octanol–water partition coefficient (Wildman–Crippen LogP) is 5.91. The number of hydrogen-bond acceptors (Lipinski definition) is 4. The topological polar surface area (TPSA) is 68.5 Å². The second kappa shape index (κ2) is 7.61. The normalized spacial score (nSPS) is 16.4. The zero-order valence-electron chi connectivity index (χ0n) is 17.6. The molecule has 4 aromatic rings. The summed E-state index contributed by atoms with van der Waals surface area (Å²) >= 11 is 0. The molecule has 0 saturated carbocycles. The molecule has 0 aliphatic heterocycles. The Bertz CT molecular complexity index is 1370. The van der Waals surface area contributed by atoms with Gasteiger partial charge in [0.15, 0.2) is 0 Å². The third-order valence-corrected chi connectivity index (χ3v) is 7.37. The first-order valence-corrected chi connectivity index (χ1v) is 12.2. The van der Waals surface area contributed by atoms with Crippen LogP contribution in [0.4, 0.5) is 5.69 Å². The first kappa shape index (κ1) is 19.9. The highest BCUT2D eigenvalue weighted by Crippen LogP contribution is 2.40. The number of nitrogens with one attached hydrogen (secondary N) is 1. The highest BCUT2D eigenvalue weighted by Gasteiger charge is 2.25. The van der Waals surface area contributed by atoms with E-state index < -0.39 is 10.0 Å². The Morgan fingerprint density at radius 2 is 1.81 bits per heavy atom. The van der Waals surface area contributed by atoms with E-state index >= 15 is 0 Å². The van der Waals surface area contributed by atoms with Crippen molar-refractivity contribution in [2.45, 2.75) is 38.0 Å². The molecular formula is C25H25NO4S. The summed E-state index contributed by atoms with van der Waals surface area (Å²) in [4.78, 5) is 0.197. The maximum atomic E-state index is 13.2. The second-order valence-corrected chi connectivity index (χ2v) is 9.89. The summed E-state index contributed by atoms with van der Waals surface area (Å²) in [7, 11) is -3.76. The first-order chi connectivity index (χ1) is 15.0. The maximum absolute atomic E-state index is 13.2. The van der Waals surface area contributed by atoms with Gasteiger partial charge in [-0.25, -0.2) is 8.42 Å². The number of anilines is 1. The van der Waals surface area contributed by atoms with Crippen LogP contribution in [0.25, 0.3) is 21.7 Å². The fourth-order valence-corrected chi connectivity index (χ4v) is 5.51. The minimum absolute atomic E-state index is 0.197. The van der Waals surface area contributed by atoms with Gasteiger partial charge in [0, 0.05) is 28.1 Å².